The summed E-state index contributed by atoms with van der Waals surface area (Å²) in [5.41, 5.74) is -4.79. The lowest BCUT2D eigenvalue weighted by molar-refractivity contribution is -0.336. The first-order chi connectivity index (χ1) is 5.58. The van der Waals surface area contributed by atoms with Gasteiger partial charge in [-0.25, -0.2) is 8.78 Å². The number of aliphatic hydroxyl groups excluding tert-OH is 1. The molecule has 0 saturated carbocycles. The molecule has 0 saturated heterocycles. The van der Waals surface area contributed by atoms with Gasteiger partial charge in [0.2, 0.25) is 0 Å². The first-order valence-corrected chi connectivity index (χ1v) is 4.41. The molecule has 0 rings (SSSR count). The van der Waals surface area contributed by atoms with E-state index in [1.807, 2.05) is 0 Å². The minimum atomic E-state index is -6.25. The van der Waals surface area contributed by atoms with Crippen LogP contribution in [0.1, 0.15) is 6.42 Å². The zero-order valence-corrected chi connectivity index (χ0v) is 6.87. The van der Waals surface area contributed by atoms with Crippen molar-refractivity contribution < 1.29 is 38.1 Å². The number of aliphatic hydroxyl groups is 1. The van der Waals surface area contributed by atoms with Crippen molar-refractivity contribution in [2.24, 2.45) is 0 Å². The van der Waals surface area contributed by atoms with Crippen LogP contribution in [0.2, 0.25) is 0 Å². The molecule has 0 spiro atoms. The lowest BCUT2D eigenvalue weighted by atomic mass is 10.3. The Labute approximate surface area is 71.0 Å². The molecule has 0 heterocycles. The van der Waals surface area contributed by atoms with Gasteiger partial charge < -0.3 is 29.4 Å². The van der Waals surface area contributed by atoms with E-state index in [9.17, 15) is 33.0 Å². The largest absolute Gasteiger partial charge is 0.807 e. The normalized spacial score (nSPS) is 15.5. The number of carboxylic acids is 1. The van der Waals surface area contributed by atoms with E-state index in [-0.39, 0.29) is 0 Å². The molecule has 0 aliphatic rings. The summed E-state index contributed by atoms with van der Waals surface area (Å²) >= 11 is 0. The summed E-state index contributed by atoms with van der Waals surface area (Å²) < 4.78 is 34.2. The standard InChI is InChI=1S/C4H7F2O6P/c5-4(6,13(10,11)12)1-2(7)3(8)9/h2,7H,1H2,(H,8,9)(H2,10,11,12)/p-3. The van der Waals surface area contributed by atoms with Gasteiger partial charge in [-0.05, 0) is 0 Å². The van der Waals surface area contributed by atoms with Crippen LogP contribution in [0.4, 0.5) is 8.78 Å². The molecule has 1 unspecified atom stereocenters. The maximum atomic E-state index is 12.2. The van der Waals surface area contributed by atoms with Crippen molar-refractivity contribution in [2.75, 3.05) is 0 Å². The average molecular weight is 217 g/mol. The molecular formula is C4H4F2O6P-3. The van der Waals surface area contributed by atoms with Gasteiger partial charge in [0.1, 0.15) is 0 Å². The first kappa shape index (κ1) is 12.4. The van der Waals surface area contributed by atoms with Crippen LogP contribution in [-0.2, 0) is 9.36 Å². The zero-order chi connectivity index (χ0) is 10.9. The molecule has 0 aromatic rings. The highest BCUT2D eigenvalue weighted by Gasteiger charge is 2.36. The quantitative estimate of drug-likeness (QED) is 0.500. The molecule has 0 aliphatic heterocycles. The van der Waals surface area contributed by atoms with E-state index in [1.165, 1.54) is 0 Å². The lowest BCUT2D eigenvalue weighted by Gasteiger charge is -2.38. The number of carbonyl (C=O) groups excluding carboxylic acids is 1. The summed E-state index contributed by atoms with van der Waals surface area (Å²) in [5.74, 6) is -2.27. The highest BCUT2D eigenvalue weighted by Crippen LogP contribution is 2.48. The molecule has 0 aromatic heterocycles. The van der Waals surface area contributed by atoms with Gasteiger partial charge in [0, 0.05) is 14.0 Å². The van der Waals surface area contributed by atoms with Gasteiger partial charge >= 0.3 is 0 Å². The molecule has 13 heavy (non-hydrogen) atoms. The third kappa shape index (κ3) is 3.35. The number of aliphatic carboxylic acids is 1. The fraction of sp³-hybridized carbons (Fsp3) is 0.750. The van der Waals surface area contributed by atoms with Gasteiger partial charge in [-0.2, -0.15) is 0 Å². The Morgan fingerprint density at radius 3 is 2.15 bits per heavy atom. The molecule has 0 aromatic carbocycles. The van der Waals surface area contributed by atoms with E-state index in [4.69, 9.17) is 5.11 Å². The SMILES string of the molecule is O=C([O-])C(O)CC(F)(F)P(=O)([O-])[O-]. The average Bonchev–Trinajstić information content (AvgIpc) is 1.83. The number of carboxylic acid groups (broad SMARTS) is 1. The summed E-state index contributed by atoms with van der Waals surface area (Å²) in [4.78, 5) is 29.3. The molecule has 1 N–H and O–H groups in total. The molecule has 6 nitrogen and oxygen atoms in total. The lowest BCUT2D eigenvalue weighted by Crippen LogP contribution is -2.42. The van der Waals surface area contributed by atoms with Crippen LogP contribution in [0, 0.1) is 0 Å². The second-order valence-corrected chi connectivity index (χ2v) is 3.85. The van der Waals surface area contributed by atoms with Crippen molar-refractivity contribution >= 4 is 13.6 Å². The summed E-state index contributed by atoms with van der Waals surface area (Å²) in [6.45, 7) is 0. The van der Waals surface area contributed by atoms with Crippen molar-refractivity contribution in [1.29, 1.82) is 0 Å². The molecule has 1 atom stereocenters. The molecule has 9 heteroatoms. The van der Waals surface area contributed by atoms with Gasteiger partial charge in [-0.3, -0.25) is 0 Å². The second kappa shape index (κ2) is 3.67. The highest BCUT2D eigenvalue weighted by atomic mass is 31.2. The molecule has 78 valence electrons. The van der Waals surface area contributed by atoms with Gasteiger partial charge in [-0.15, -0.1) is 0 Å². The minimum absolute atomic E-state index is 2.00. The molecule has 0 fully saturated rings. The molecule has 0 amide bonds. The van der Waals surface area contributed by atoms with Crippen LogP contribution >= 0.6 is 7.60 Å². The van der Waals surface area contributed by atoms with Gasteiger partial charge in [0.25, 0.3) is 5.66 Å². The van der Waals surface area contributed by atoms with Crippen LogP contribution in [-0.4, -0.2) is 22.8 Å². The van der Waals surface area contributed by atoms with Gasteiger partial charge in [-0.1, -0.05) is 0 Å². The van der Waals surface area contributed by atoms with Crippen molar-refractivity contribution in [2.45, 2.75) is 18.2 Å². The molecular weight excluding hydrogens is 213 g/mol. The van der Waals surface area contributed by atoms with Crippen molar-refractivity contribution in [3.05, 3.63) is 0 Å². The second-order valence-electron chi connectivity index (χ2n) is 2.20. The van der Waals surface area contributed by atoms with Crippen LogP contribution in [0.25, 0.3) is 0 Å². The van der Waals surface area contributed by atoms with E-state index >= 15 is 0 Å². The zero-order valence-electron chi connectivity index (χ0n) is 5.98. The van der Waals surface area contributed by atoms with Crippen LogP contribution < -0.4 is 14.9 Å². The number of halogens is 2. The Morgan fingerprint density at radius 2 is 1.92 bits per heavy atom. The highest BCUT2D eigenvalue weighted by molar-refractivity contribution is 7.50. The third-order valence-corrected chi connectivity index (χ3v) is 2.10. The Bertz CT molecular complexity index is 247. The monoisotopic (exact) mass is 217 g/mol. The maximum Gasteiger partial charge on any atom is 0.274 e. The van der Waals surface area contributed by atoms with Gasteiger partial charge in [0.15, 0.2) is 0 Å². The first-order valence-electron chi connectivity index (χ1n) is 2.87. The van der Waals surface area contributed by atoms with Gasteiger partial charge in [0.05, 0.1) is 12.1 Å². The summed E-state index contributed by atoms with van der Waals surface area (Å²) in [6.07, 6.45) is -4.69. The van der Waals surface area contributed by atoms with E-state index in [2.05, 4.69) is 0 Å². The topological polar surface area (TPSA) is 124 Å². The summed E-state index contributed by atoms with van der Waals surface area (Å²) in [5, 5.41) is 18.0. The maximum absolute atomic E-state index is 12.2. The van der Waals surface area contributed by atoms with Crippen LogP contribution in [0.5, 0.6) is 0 Å². The fourth-order valence-corrected chi connectivity index (χ4v) is 0.824. The third-order valence-electron chi connectivity index (χ3n) is 1.11. The van der Waals surface area contributed by atoms with E-state index < -0.39 is 31.8 Å². The van der Waals surface area contributed by atoms with E-state index in [0.717, 1.165) is 0 Å². The Hall–Kier alpha value is -0.560. The van der Waals surface area contributed by atoms with Crippen molar-refractivity contribution in [3.63, 3.8) is 0 Å². The number of alkyl halides is 2. The predicted octanol–water partition coefficient (Wildman–Crippen LogP) is -3.01. The van der Waals surface area contributed by atoms with E-state index in [0.29, 0.717) is 0 Å². The van der Waals surface area contributed by atoms with Crippen molar-refractivity contribution in [1.82, 2.24) is 0 Å². The number of hydrogen-bond acceptors (Lipinski definition) is 6. The Kier molecular flexibility index (Phi) is 3.51. The number of rotatable bonds is 4. The van der Waals surface area contributed by atoms with Crippen molar-refractivity contribution in [3.8, 4) is 0 Å². The Morgan fingerprint density at radius 1 is 1.54 bits per heavy atom. The van der Waals surface area contributed by atoms with Crippen LogP contribution in [0.15, 0.2) is 0 Å². The molecule has 0 aliphatic carbocycles. The van der Waals surface area contributed by atoms with E-state index in [1.54, 1.807) is 0 Å². The number of carbonyl (C=O) groups is 1. The minimum Gasteiger partial charge on any atom is -0.807 e. The summed E-state index contributed by atoms with van der Waals surface area (Å²) in [6, 6.07) is 0. The van der Waals surface area contributed by atoms with Crippen LogP contribution in [0.3, 0.4) is 0 Å². The summed E-state index contributed by atoms with van der Waals surface area (Å²) in [7, 11) is -6.25. The molecule has 0 radical (unpaired) electrons. The number of hydrogen-bond donors (Lipinski definition) is 1. The smallest absolute Gasteiger partial charge is 0.274 e. The molecule has 0 bridgehead atoms. The fourth-order valence-electron chi connectivity index (χ4n) is 0.428. The Balaban J connectivity index is 4.52. The predicted molar refractivity (Wildman–Crippen MR) is 28.2 cm³/mol.